The van der Waals surface area contributed by atoms with Crippen LogP contribution in [-0.2, 0) is 19.3 Å². The molecule has 2 rings (SSSR count). The lowest BCUT2D eigenvalue weighted by Gasteiger charge is -2.20. The zero-order valence-corrected chi connectivity index (χ0v) is 12.0. The quantitative estimate of drug-likeness (QED) is 0.713. The lowest BCUT2D eigenvalue weighted by atomic mass is 9.90. The largest absolute Gasteiger partial charge is 0.145 e. The van der Waals surface area contributed by atoms with Crippen LogP contribution in [0.15, 0.2) is 6.07 Å². The Hall–Kier alpha value is 0.180. The number of rotatable bonds is 3. The molecule has 1 aromatic rings. The van der Waals surface area contributed by atoms with Crippen LogP contribution in [0.3, 0.4) is 0 Å². The van der Waals surface area contributed by atoms with E-state index < -0.39 is 0 Å². The van der Waals surface area contributed by atoms with E-state index in [1.165, 1.54) is 32.1 Å². The molecule has 15 heavy (non-hydrogen) atoms. The molecule has 0 aromatic carbocycles. The summed E-state index contributed by atoms with van der Waals surface area (Å²) in [6, 6.07) is 2.46. The van der Waals surface area contributed by atoms with Crippen LogP contribution >= 0.6 is 27.3 Å². The summed E-state index contributed by atoms with van der Waals surface area (Å²) in [5.74, 6) is 0. The van der Waals surface area contributed by atoms with E-state index in [4.69, 9.17) is 0 Å². The first kappa shape index (κ1) is 11.7. The van der Waals surface area contributed by atoms with Gasteiger partial charge in [0.1, 0.15) is 0 Å². The zero-order chi connectivity index (χ0) is 10.9. The number of thiophene rings is 1. The summed E-state index contributed by atoms with van der Waals surface area (Å²) in [7, 11) is 0. The van der Waals surface area contributed by atoms with E-state index in [1.54, 1.807) is 15.3 Å². The molecule has 1 heterocycles. The number of halogens is 1. The van der Waals surface area contributed by atoms with Crippen molar-refractivity contribution in [3.05, 3.63) is 21.4 Å². The number of hydrogen-bond donors (Lipinski definition) is 0. The van der Waals surface area contributed by atoms with E-state index in [-0.39, 0.29) is 0 Å². The Morgan fingerprint density at radius 2 is 2.07 bits per heavy atom. The lowest BCUT2D eigenvalue weighted by molar-refractivity contribution is 0.428. The highest BCUT2D eigenvalue weighted by Gasteiger charge is 2.20. The van der Waals surface area contributed by atoms with Crippen LogP contribution in [0.4, 0.5) is 0 Å². The summed E-state index contributed by atoms with van der Waals surface area (Å²) in [6.07, 6.45) is 6.66. The molecular weight excluding hydrogens is 268 g/mol. The second-order valence-corrected chi connectivity index (χ2v) is 7.12. The van der Waals surface area contributed by atoms with E-state index in [1.807, 2.05) is 0 Å². The molecule has 0 bridgehead atoms. The Morgan fingerprint density at radius 1 is 1.33 bits per heavy atom. The summed E-state index contributed by atoms with van der Waals surface area (Å²) in [4.78, 5) is 3.26. The number of alkyl halides is 1. The smallest absolute Gasteiger partial charge is 0.00861 e. The summed E-state index contributed by atoms with van der Waals surface area (Å²) < 4.78 is 0. The van der Waals surface area contributed by atoms with Crippen molar-refractivity contribution in [1.82, 2.24) is 0 Å². The highest BCUT2D eigenvalue weighted by Crippen LogP contribution is 2.33. The minimum atomic E-state index is 0.396. The molecule has 0 aliphatic heterocycles. The van der Waals surface area contributed by atoms with Gasteiger partial charge in [0.15, 0.2) is 0 Å². The maximum Gasteiger partial charge on any atom is 0.00861 e. The molecular formula is C13H19BrS. The van der Waals surface area contributed by atoms with Gasteiger partial charge in [0.2, 0.25) is 0 Å². The molecule has 0 unspecified atom stereocenters. The van der Waals surface area contributed by atoms with Gasteiger partial charge >= 0.3 is 0 Å². The summed E-state index contributed by atoms with van der Waals surface area (Å²) in [5, 5.41) is 1.09. The molecule has 0 fully saturated rings. The molecule has 0 radical (unpaired) electrons. The monoisotopic (exact) mass is 286 g/mol. The summed E-state index contributed by atoms with van der Waals surface area (Å²) >= 11 is 5.66. The maximum absolute atomic E-state index is 3.60. The van der Waals surface area contributed by atoms with E-state index in [9.17, 15) is 0 Å². The molecule has 2 heteroatoms. The van der Waals surface area contributed by atoms with Crippen molar-refractivity contribution in [3.8, 4) is 0 Å². The molecule has 0 N–H and O–H groups in total. The van der Waals surface area contributed by atoms with Crippen LogP contribution in [-0.4, -0.2) is 5.33 Å². The van der Waals surface area contributed by atoms with Crippen LogP contribution in [0.5, 0.6) is 0 Å². The fourth-order valence-corrected chi connectivity index (χ4v) is 3.88. The first-order valence-electron chi connectivity index (χ1n) is 5.77. The van der Waals surface area contributed by atoms with Gasteiger partial charge in [-0.2, -0.15) is 0 Å². The zero-order valence-electron chi connectivity index (χ0n) is 9.61. The van der Waals surface area contributed by atoms with Gasteiger partial charge in [0, 0.05) is 15.1 Å². The average molecular weight is 287 g/mol. The van der Waals surface area contributed by atoms with Crippen molar-refractivity contribution >= 4 is 27.3 Å². The second-order valence-electron chi connectivity index (χ2n) is 5.34. The number of aryl methyl sites for hydroxylation is 2. The van der Waals surface area contributed by atoms with E-state index in [0.29, 0.717) is 5.41 Å². The fourth-order valence-electron chi connectivity index (χ4n) is 2.16. The fraction of sp³-hybridized carbons (Fsp3) is 0.692. The first-order valence-corrected chi connectivity index (χ1v) is 7.71. The predicted molar refractivity (Wildman–Crippen MR) is 72.2 cm³/mol. The van der Waals surface area contributed by atoms with Crippen LogP contribution in [0.2, 0.25) is 0 Å². The van der Waals surface area contributed by atoms with Crippen molar-refractivity contribution in [2.45, 2.75) is 46.0 Å². The van der Waals surface area contributed by atoms with Crippen LogP contribution in [0.25, 0.3) is 0 Å². The molecule has 84 valence electrons. The van der Waals surface area contributed by atoms with Gasteiger partial charge in [0.25, 0.3) is 0 Å². The van der Waals surface area contributed by atoms with Gasteiger partial charge in [-0.1, -0.05) is 29.8 Å². The molecule has 1 aliphatic rings. The minimum absolute atomic E-state index is 0.396. The highest BCUT2D eigenvalue weighted by atomic mass is 79.9. The number of hydrogen-bond acceptors (Lipinski definition) is 1. The Bertz CT molecular complexity index is 315. The third-order valence-corrected chi connectivity index (χ3v) is 5.82. The van der Waals surface area contributed by atoms with Crippen LogP contribution < -0.4 is 0 Å². The van der Waals surface area contributed by atoms with E-state index >= 15 is 0 Å². The van der Waals surface area contributed by atoms with E-state index in [2.05, 4.69) is 47.2 Å². The molecule has 0 saturated carbocycles. The van der Waals surface area contributed by atoms with Crippen molar-refractivity contribution in [2.75, 3.05) is 5.33 Å². The molecule has 0 amide bonds. The first-order chi connectivity index (χ1) is 7.11. The summed E-state index contributed by atoms with van der Waals surface area (Å²) in [6.45, 7) is 4.67. The van der Waals surface area contributed by atoms with Gasteiger partial charge in [-0.3, -0.25) is 0 Å². The topological polar surface area (TPSA) is 0 Å². The Labute approximate surface area is 105 Å². The average Bonchev–Trinajstić information content (AvgIpc) is 2.58. The molecule has 1 aliphatic carbocycles. The molecule has 0 saturated heterocycles. The van der Waals surface area contributed by atoms with Gasteiger partial charge in [-0.15, -0.1) is 11.3 Å². The molecule has 0 atom stereocenters. The van der Waals surface area contributed by atoms with Gasteiger partial charge in [-0.25, -0.2) is 0 Å². The Kier molecular flexibility index (Phi) is 3.56. The van der Waals surface area contributed by atoms with Crippen molar-refractivity contribution in [2.24, 2.45) is 5.41 Å². The summed E-state index contributed by atoms with van der Waals surface area (Å²) in [5.41, 5.74) is 2.04. The predicted octanol–water partition coefficient (Wildman–Crippen LogP) is 4.59. The maximum atomic E-state index is 3.60. The highest BCUT2D eigenvalue weighted by molar-refractivity contribution is 9.09. The Morgan fingerprint density at radius 3 is 2.73 bits per heavy atom. The van der Waals surface area contributed by atoms with Gasteiger partial charge in [-0.05, 0) is 49.1 Å². The normalized spacial score (nSPS) is 16.5. The van der Waals surface area contributed by atoms with Crippen LogP contribution in [0.1, 0.15) is 42.0 Å². The van der Waals surface area contributed by atoms with Gasteiger partial charge < -0.3 is 0 Å². The molecule has 1 aromatic heterocycles. The third kappa shape index (κ3) is 2.85. The SMILES string of the molecule is CC(C)(CBr)Cc1cc2c(s1)CCCC2. The van der Waals surface area contributed by atoms with Gasteiger partial charge in [0.05, 0.1) is 0 Å². The van der Waals surface area contributed by atoms with Crippen molar-refractivity contribution in [3.63, 3.8) is 0 Å². The Balaban J connectivity index is 2.13. The van der Waals surface area contributed by atoms with Crippen molar-refractivity contribution in [1.29, 1.82) is 0 Å². The number of fused-ring (bicyclic) bond motifs is 1. The minimum Gasteiger partial charge on any atom is -0.145 e. The third-order valence-electron chi connectivity index (χ3n) is 3.06. The second kappa shape index (κ2) is 4.58. The van der Waals surface area contributed by atoms with E-state index in [0.717, 1.165) is 5.33 Å². The van der Waals surface area contributed by atoms with Crippen LogP contribution in [0, 0.1) is 5.41 Å². The lowest BCUT2D eigenvalue weighted by Crippen LogP contribution is -2.15. The molecule has 0 nitrogen and oxygen atoms in total. The van der Waals surface area contributed by atoms with Crippen molar-refractivity contribution < 1.29 is 0 Å². The molecule has 0 spiro atoms. The standard InChI is InChI=1S/C13H19BrS/c1-13(2,9-14)8-11-7-10-5-3-4-6-12(10)15-11/h7H,3-6,8-9H2,1-2H3.